The van der Waals surface area contributed by atoms with Gasteiger partial charge in [-0.3, -0.25) is 4.79 Å². The molecule has 1 amide bonds. The number of amides is 1. The van der Waals surface area contributed by atoms with E-state index in [9.17, 15) is 14.9 Å². The minimum absolute atomic E-state index is 0.224. The molecule has 0 radical (unpaired) electrons. The number of rotatable bonds is 6. The summed E-state index contributed by atoms with van der Waals surface area (Å²) >= 11 is 1.43. The quantitative estimate of drug-likeness (QED) is 0.725. The lowest BCUT2D eigenvalue weighted by Crippen LogP contribution is -2.21. The van der Waals surface area contributed by atoms with Gasteiger partial charge in [0.2, 0.25) is 0 Å². The number of anilines is 1. The Hall–Kier alpha value is -3.05. The smallest absolute Gasteiger partial charge is 0.338 e. The van der Waals surface area contributed by atoms with Crippen molar-refractivity contribution in [1.29, 1.82) is 5.26 Å². The lowest BCUT2D eigenvalue weighted by Gasteiger charge is -2.12. The summed E-state index contributed by atoms with van der Waals surface area (Å²) in [5, 5.41) is 12.7. The summed E-state index contributed by atoms with van der Waals surface area (Å²) in [6.07, 6.45) is 3.92. The molecule has 1 aliphatic carbocycles. The van der Waals surface area contributed by atoms with Crippen LogP contribution >= 0.6 is 11.3 Å². The Bertz CT molecular complexity index is 965. The zero-order valence-electron chi connectivity index (χ0n) is 16.6. The Labute approximate surface area is 173 Å². The number of nitriles is 1. The van der Waals surface area contributed by atoms with Crippen molar-refractivity contribution in [2.45, 2.75) is 32.6 Å². The number of hydrogen-bond acceptors (Lipinski definition) is 7. The van der Waals surface area contributed by atoms with E-state index in [0.717, 1.165) is 41.7 Å². The number of thiophene rings is 1. The van der Waals surface area contributed by atoms with Crippen LogP contribution in [0.1, 0.15) is 44.8 Å². The highest BCUT2D eigenvalue weighted by Crippen LogP contribution is 2.37. The molecular weight excluding hydrogens is 392 g/mol. The number of esters is 1. The van der Waals surface area contributed by atoms with E-state index in [0.29, 0.717) is 22.1 Å². The van der Waals surface area contributed by atoms with E-state index in [4.69, 9.17) is 14.2 Å². The Balaban J connectivity index is 1.67. The maximum Gasteiger partial charge on any atom is 0.338 e. The van der Waals surface area contributed by atoms with Crippen LogP contribution in [-0.4, -0.2) is 32.7 Å². The minimum atomic E-state index is -0.664. The van der Waals surface area contributed by atoms with Crippen molar-refractivity contribution in [2.75, 3.05) is 26.1 Å². The lowest BCUT2D eigenvalue weighted by atomic mass is 9.96. The van der Waals surface area contributed by atoms with Gasteiger partial charge in [-0.15, -0.1) is 11.3 Å². The number of ether oxygens (including phenoxy) is 3. The van der Waals surface area contributed by atoms with Gasteiger partial charge in [0.25, 0.3) is 5.91 Å². The van der Waals surface area contributed by atoms with Crippen molar-refractivity contribution in [1.82, 2.24) is 0 Å². The molecule has 29 heavy (non-hydrogen) atoms. The largest absolute Gasteiger partial charge is 0.496 e. The molecule has 1 aromatic heterocycles. The zero-order valence-corrected chi connectivity index (χ0v) is 17.4. The molecule has 0 spiro atoms. The second-order valence-corrected chi connectivity index (χ2v) is 7.76. The molecule has 1 N–H and O–H groups in total. The van der Waals surface area contributed by atoms with Crippen LogP contribution in [-0.2, 0) is 22.4 Å². The van der Waals surface area contributed by atoms with Gasteiger partial charge < -0.3 is 19.5 Å². The molecule has 7 nitrogen and oxygen atoms in total. The van der Waals surface area contributed by atoms with Crippen LogP contribution in [0.15, 0.2) is 12.1 Å². The van der Waals surface area contributed by atoms with Crippen LogP contribution in [0.25, 0.3) is 0 Å². The molecule has 0 atom stereocenters. The second-order valence-electron chi connectivity index (χ2n) is 6.66. The molecule has 0 fully saturated rings. The number of methoxy groups -OCH3 is 2. The highest BCUT2D eigenvalue weighted by atomic mass is 32.1. The summed E-state index contributed by atoms with van der Waals surface area (Å²) in [4.78, 5) is 25.8. The number of nitrogens with one attached hydrogen (secondary N) is 1. The monoisotopic (exact) mass is 414 g/mol. The average molecular weight is 414 g/mol. The van der Waals surface area contributed by atoms with Crippen LogP contribution < -0.4 is 14.8 Å². The Morgan fingerprint density at radius 3 is 2.45 bits per heavy atom. The first-order valence-corrected chi connectivity index (χ1v) is 10.0. The van der Waals surface area contributed by atoms with Gasteiger partial charge in [-0.05, 0) is 50.3 Å². The normalized spacial score (nSPS) is 12.5. The van der Waals surface area contributed by atoms with Gasteiger partial charge in [0.1, 0.15) is 22.6 Å². The van der Waals surface area contributed by atoms with E-state index < -0.39 is 18.5 Å². The summed E-state index contributed by atoms with van der Waals surface area (Å²) < 4.78 is 15.6. The number of aryl methyl sites for hydroxylation is 1. The van der Waals surface area contributed by atoms with E-state index in [1.54, 1.807) is 12.1 Å². The third-order valence-electron chi connectivity index (χ3n) is 4.86. The van der Waals surface area contributed by atoms with Crippen molar-refractivity contribution >= 4 is 28.2 Å². The minimum Gasteiger partial charge on any atom is -0.496 e. The lowest BCUT2D eigenvalue weighted by molar-refractivity contribution is -0.119. The van der Waals surface area contributed by atoms with Gasteiger partial charge in [0, 0.05) is 10.4 Å². The standard InChI is InChI=1S/C21H22N2O5S/c1-12-16(26-2)8-13(9-17(12)27-3)21(25)28-11-19(24)23-20-15(10-22)14-6-4-5-7-18(14)29-20/h8-9H,4-7,11H2,1-3H3,(H,23,24). The van der Waals surface area contributed by atoms with Gasteiger partial charge in [0.05, 0.1) is 25.3 Å². The van der Waals surface area contributed by atoms with E-state index in [-0.39, 0.29) is 5.56 Å². The summed E-state index contributed by atoms with van der Waals surface area (Å²) in [6.45, 7) is 1.36. The van der Waals surface area contributed by atoms with Crippen molar-refractivity contribution in [2.24, 2.45) is 0 Å². The van der Waals surface area contributed by atoms with Crippen molar-refractivity contribution in [3.8, 4) is 17.6 Å². The van der Waals surface area contributed by atoms with Gasteiger partial charge in [-0.1, -0.05) is 0 Å². The van der Waals surface area contributed by atoms with Crippen LogP contribution in [0, 0.1) is 18.3 Å². The Morgan fingerprint density at radius 1 is 1.17 bits per heavy atom. The molecular formula is C21H22N2O5S. The van der Waals surface area contributed by atoms with Crippen molar-refractivity contribution in [3.63, 3.8) is 0 Å². The number of carbonyl (C=O) groups is 2. The highest BCUT2D eigenvalue weighted by molar-refractivity contribution is 7.16. The fraction of sp³-hybridized carbons (Fsp3) is 0.381. The van der Waals surface area contributed by atoms with Crippen LogP contribution in [0.3, 0.4) is 0 Å². The van der Waals surface area contributed by atoms with E-state index in [2.05, 4.69) is 11.4 Å². The van der Waals surface area contributed by atoms with E-state index >= 15 is 0 Å². The van der Waals surface area contributed by atoms with Gasteiger partial charge in [-0.2, -0.15) is 5.26 Å². The number of fused-ring (bicyclic) bond motifs is 1. The predicted molar refractivity (Wildman–Crippen MR) is 109 cm³/mol. The third kappa shape index (κ3) is 4.35. The van der Waals surface area contributed by atoms with Crippen LogP contribution in [0.4, 0.5) is 5.00 Å². The number of carbonyl (C=O) groups excluding carboxylic acids is 2. The Kier molecular flexibility index (Phi) is 6.39. The molecule has 3 rings (SSSR count). The van der Waals surface area contributed by atoms with E-state index in [1.165, 1.54) is 25.6 Å². The predicted octanol–water partition coefficient (Wildman–Crippen LogP) is 3.62. The highest BCUT2D eigenvalue weighted by Gasteiger charge is 2.22. The van der Waals surface area contributed by atoms with Gasteiger partial charge in [0.15, 0.2) is 6.61 Å². The molecule has 0 unspecified atom stereocenters. The molecule has 0 bridgehead atoms. The maximum absolute atomic E-state index is 12.4. The van der Waals surface area contributed by atoms with Gasteiger partial charge in [-0.25, -0.2) is 4.79 Å². The molecule has 1 aliphatic rings. The van der Waals surface area contributed by atoms with Crippen LogP contribution in [0.2, 0.25) is 0 Å². The summed E-state index contributed by atoms with van der Waals surface area (Å²) in [7, 11) is 3.00. The first-order chi connectivity index (χ1) is 14.0. The second kappa shape index (κ2) is 8.97. The molecule has 0 saturated heterocycles. The van der Waals surface area contributed by atoms with Crippen molar-refractivity contribution < 1.29 is 23.8 Å². The molecule has 2 aromatic rings. The molecule has 8 heteroatoms. The summed E-state index contributed by atoms with van der Waals surface area (Å²) in [5.41, 5.74) is 2.55. The molecule has 152 valence electrons. The zero-order chi connectivity index (χ0) is 21.0. The number of nitrogens with zero attached hydrogens (tertiary/aromatic N) is 1. The SMILES string of the molecule is COc1cc(C(=O)OCC(=O)Nc2sc3c(c2C#N)CCCC3)cc(OC)c1C. The third-order valence-corrected chi connectivity index (χ3v) is 6.07. The number of hydrogen-bond donors (Lipinski definition) is 1. The first-order valence-electron chi connectivity index (χ1n) is 9.22. The van der Waals surface area contributed by atoms with E-state index in [1.807, 2.05) is 6.92 Å². The van der Waals surface area contributed by atoms with Gasteiger partial charge >= 0.3 is 5.97 Å². The fourth-order valence-electron chi connectivity index (χ4n) is 3.35. The average Bonchev–Trinajstić information content (AvgIpc) is 3.08. The summed E-state index contributed by atoms with van der Waals surface area (Å²) in [6, 6.07) is 5.27. The van der Waals surface area contributed by atoms with Crippen molar-refractivity contribution in [3.05, 3.63) is 39.3 Å². The first kappa shape index (κ1) is 20.7. The fourth-order valence-corrected chi connectivity index (χ4v) is 4.61. The molecule has 1 aromatic carbocycles. The number of benzene rings is 1. The van der Waals surface area contributed by atoms with Crippen LogP contribution in [0.5, 0.6) is 11.5 Å². The molecule has 0 saturated carbocycles. The topological polar surface area (TPSA) is 97.6 Å². The summed E-state index contributed by atoms with van der Waals surface area (Å²) in [5.74, 6) is -0.172. The maximum atomic E-state index is 12.4. The Morgan fingerprint density at radius 2 is 1.83 bits per heavy atom. The molecule has 1 heterocycles. The molecule has 0 aliphatic heterocycles.